The average Bonchev–Trinajstić information content (AvgIpc) is 3.13. The Bertz CT molecular complexity index is 640. The molecule has 2 amide bonds. The Hall–Kier alpha value is -2.45. The highest BCUT2D eigenvalue weighted by Gasteiger charge is 2.20. The van der Waals surface area contributed by atoms with Crippen LogP contribution in [0.2, 0.25) is 0 Å². The van der Waals surface area contributed by atoms with Gasteiger partial charge >= 0.3 is 5.97 Å². The molecule has 1 aliphatic rings. The topological polar surface area (TPSA) is 114 Å². The number of hydrogen-bond donors (Lipinski definition) is 3. The van der Waals surface area contributed by atoms with Gasteiger partial charge in [-0.2, -0.15) is 0 Å². The van der Waals surface area contributed by atoms with E-state index in [1.54, 1.807) is 19.1 Å². The monoisotopic (exact) mass is 364 g/mol. The maximum Gasteiger partial charge on any atom is 0.325 e. The molecule has 3 unspecified atom stereocenters. The van der Waals surface area contributed by atoms with Gasteiger partial charge in [-0.1, -0.05) is 0 Å². The SMILES string of the molecule is CC(NC(=O)c1ccc(NC(=O)C(C)OCC2CCCO2)cc1)C(=O)O. The summed E-state index contributed by atoms with van der Waals surface area (Å²) >= 11 is 0. The van der Waals surface area contributed by atoms with Crippen LogP contribution in [-0.4, -0.2) is 54.4 Å². The quantitative estimate of drug-likeness (QED) is 0.643. The van der Waals surface area contributed by atoms with Gasteiger partial charge in [0.05, 0.1) is 12.7 Å². The van der Waals surface area contributed by atoms with Crippen molar-refractivity contribution in [1.29, 1.82) is 0 Å². The van der Waals surface area contributed by atoms with Gasteiger partial charge in [0.2, 0.25) is 0 Å². The average molecular weight is 364 g/mol. The Labute approximate surface area is 151 Å². The van der Waals surface area contributed by atoms with E-state index in [0.29, 0.717) is 17.9 Å². The molecule has 0 radical (unpaired) electrons. The second-order valence-corrected chi connectivity index (χ2v) is 6.21. The van der Waals surface area contributed by atoms with E-state index >= 15 is 0 Å². The summed E-state index contributed by atoms with van der Waals surface area (Å²) < 4.78 is 11.0. The number of carbonyl (C=O) groups is 3. The minimum Gasteiger partial charge on any atom is -0.480 e. The van der Waals surface area contributed by atoms with Crippen LogP contribution in [0, 0.1) is 0 Å². The van der Waals surface area contributed by atoms with E-state index < -0.39 is 24.0 Å². The van der Waals surface area contributed by atoms with Crippen molar-refractivity contribution in [2.75, 3.05) is 18.5 Å². The first kappa shape index (κ1) is 19.9. The molecule has 142 valence electrons. The fourth-order valence-corrected chi connectivity index (χ4v) is 2.39. The van der Waals surface area contributed by atoms with E-state index in [2.05, 4.69) is 10.6 Å². The molecular weight excluding hydrogens is 340 g/mol. The standard InChI is InChI=1S/C18H24N2O6/c1-11(18(23)24)19-17(22)13-5-7-14(8-6-13)20-16(21)12(2)26-10-15-4-3-9-25-15/h5-8,11-12,15H,3-4,9-10H2,1-2H3,(H,19,22)(H,20,21)(H,23,24). The highest BCUT2D eigenvalue weighted by molar-refractivity contribution is 5.98. The number of benzene rings is 1. The zero-order valence-electron chi connectivity index (χ0n) is 14.9. The number of nitrogens with one attached hydrogen (secondary N) is 2. The lowest BCUT2D eigenvalue weighted by molar-refractivity contribution is -0.138. The highest BCUT2D eigenvalue weighted by Crippen LogP contribution is 2.14. The first-order chi connectivity index (χ1) is 12.4. The number of carboxylic acid groups (broad SMARTS) is 1. The molecule has 0 aliphatic carbocycles. The Kier molecular flexibility index (Phi) is 7.11. The number of aliphatic carboxylic acids is 1. The van der Waals surface area contributed by atoms with E-state index in [1.807, 2.05) is 0 Å². The van der Waals surface area contributed by atoms with Crippen LogP contribution in [0.1, 0.15) is 37.0 Å². The lowest BCUT2D eigenvalue weighted by Crippen LogP contribution is -2.38. The van der Waals surface area contributed by atoms with Crippen molar-refractivity contribution in [2.45, 2.75) is 44.9 Å². The third-order valence-electron chi connectivity index (χ3n) is 4.06. The van der Waals surface area contributed by atoms with E-state index in [9.17, 15) is 14.4 Å². The van der Waals surface area contributed by atoms with Crippen molar-refractivity contribution in [3.05, 3.63) is 29.8 Å². The van der Waals surface area contributed by atoms with Gasteiger partial charge in [0.25, 0.3) is 11.8 Å². The lowest BCUT2D eigenvalue weighted by atomic mass is 10.1. The summed E-state index contributed by atoms with van der Waals surface area (Å²) in [5, 5.41) is 13.9. The van der Waals surface area contributed by atoms with Gasteiger partial charge in [-0.05, 0) is 51.0 Å². The predicted molar refractivity (Wildman–Crippen MR) is 94.0 cm³/mol. The predicted octanol–water partition coefficient (Wildman–Crippen LogP) is 1.41. The number of ether oxygens (including phenoxy) is 2. The van der Waals surface area contributed by atoms with Crippen LogP contribution < -0.4 is 10.6 Å². The number of rotatable bonds is 8. The minimum absolute atomic E-state index is 0.0521. The molecule has 3 atom stereocenters. The fraction of sp³-hybridized carbons (Fsp3) is 0.500. The van der Waals surface area contributed by atoms with Gasteiger partial charge in [-0.25, -0.2) is 0 Å². The van der Waals surface area contributed by atoms with Crippen molar-refractivity contribution < 1.29 is 29.0 Å². The summed E-state index contributed by atoms with van der Waals surface area (Å²) in [5.41, 5.74) is 0.823. The summed E-state index contributed by atoms with van der Waals surface area (Å²) in [5.74, 6) is -1.90. The molecule has 1 aromatic carbocycles. The van der Waals surface area contributed by atoms with Crippen molar-refractivity contribution in [3.63, 3.8) is 0 Å². The molecule has 1 aromatic rings. The van der Waals surface area contributed by atoms with Gasteiger partial charge in [-0.15, -0.1) is 0 Å². The summed E-state index contributed by atoms with van der Waals surface area (Å²) in [6.45, 7) is 4.17. The highest BCUT2D eigenvalue weighted by atomic mass is 16.5. The number of anilines is 1. The third-order valence-corrected chi connectivity index (χ3v) is 4.06. The van der Waals surface area contributed by atoms with Crippen LogP contribution in [0.25, 0.3) is 0 Å². The number of amides is 2. The normalized spacial score (nSPS) is 18.8. The summed E-state index contributed by atoms with van der Waals surface area (Å²) in [6, 6.07) is 5.19. The molecule has 2 rings (SSSR count). The van der Waals surface area contributed by atoms with Crippen LogP contribution in [-0.2, 0) is 19.1 Å². The molecule has 1 fully saturated rings. The molecule has 8 heteroatoms. The van der Waals surface area contributed by atoms with Crippen molar-refractivity contribution in [2.24, 2.45) is 0 Å². The number of carboxylic acids is 1. The molecule has 3 N–H and O–H groups in total. The lowest BCUT2D eigenvalue weighted by Gasteiger charge is -2.16. The largest absolute Gasteiger partial charge is 0.480 e. The van der Waals surface area contributed by atoms with Gasteiger partial charge in [-0.3, -0.25) is 14.4 Å². The van der Waals surface area contributed by atoms with Crippen LogP contribution in [0.3, 0.4) is 0 Å². The number of hydrogen-bond acceptors (Lipinski definition) is 5. The maximum absolute atomic E-state index is 12.1. The van der Waals surface area contributed by atoms with Gasteiger partial charge in [0, 0.05) is 17.9 Å². The molecule has 8 nitrogen and oxygen atoms in total. The fourth-order valence-electron chi connectivity index (χ4n) is 2.39. The second-order valence-electron chi connectivity index (χ2n) is 6.21. The molecule has 0 bridgehead atoms. The first-order valence-corrected chi connectivity index (χ1v) is 8.54. The zero-order chi connectivity index (χ0) is 19.1. The van der Waals surface area contributed by atoms with Gasteiger partial charge < -0.3 is 25.2 Å². The van der Waals surface area contributed by atoms with Gasteiger partial charge in [0.15, 0.2) is 0 Å². The Morgan fingerprint density at radius 2 is 1.96 bits per heavy atom. The van der Waals surface area contributed by atoms with E-state index in [0.717, 1.165) is 19.4 Å². The number of carbonyl (C=O) groups excluding carboxylic acids is 2. The second kappa shape index (κ2) is 9.30. The van der Waals surface area contributed by atoms with Crippen LogP contribution in [0.5, 0.6) is 0 Å². The summed E-state index contributed by atoms with van der Waals surface area (Å²) in [4.78, 5) is 34.8. The zero-order valence-corrected chi connectivity index (χ0v) is 14.9. The smallest absolute Gasteiger partial charge is 0.325 e. The molecule has 1 heterocycles. The summed E-state index contributed by atoms with van der Waals surface area (Å²) in [7, 11) is 0. The molecule has 26 heavy (non-hydrogen) atoms. The third kappa shape index (κ3) is 5.82. The van der Waals surface area contributed by atoms with Crippen molar-refractivity contribution in [1.82, 2.24) is 5.32 Å². The van der Waals surface area contributed by atoms with Crippen LogP contribution in [0.4, 0.5) is 5.69 Å². The minimum atomic E-state index is -1.11. The van der Waals surface area contributed by atoms with Gasteiger partial charge in [0.1, 0.15) is 12.1 Å². The molecule has 1 aliphatic heterocycles. The Morgan fingerprint density at radius 3 is 2.54 bits per heavy atom. The van der Waals surface area contributed by atoms with E-state index in [4.69, 9.17) is 14.6 Å². The Balaban J connectivity index is 1.82. The molecule has 0 saturated carbocycles. The molecular formula is C18H24N2O6. The van der Waals surface area contributed by atoms with Crippen molar-refractivity contribution in [3.8, 4) is 0 Å². The summed E-state index contributed by atoms with van der Waals surface area (Å²) in [6.07, 6.45) is 1.38. The molecule has 0 aromatic heterocycles. The van der Waals surface area contributed by atoms with Crippen molar-refractivity contribution >= 4 is 23.5 Å². The van der Waals surface area contributed by atoms with E-state index in [-0.39, 0.29) is 12.0 Å². The van der Waals surface area contributed by atoms with Crippen LogP contribution >= 0.6 is 0 Å². The van der Waals surface area contributed by atoms with Crippen LogP contribution in [0.15, 0.2) is 24.3 Å². The van der Waals surface area contributed by atoms with E-state index in [1.165, 1.54) is 19.1 Å². The first-order valence-electron chi connectivity index (χ1n) is 8.54. The molecule has 1 saturated heterocycles. The molecule has 0 spiro atoms. The maximum atomic E-state index is 12.1. The Morgan fingerprint density at radius 1 is 1.27 bits per heavy atom.